The Labute approximate surface area is 185 Å². The number of nitrogens with one attached hydrogen (secondary N) is 1. The summed E-state index contributed by atoms with van der Waals surface area (Å²) >= 11 is 0. The standard InChI is InChI=1S/C23H23N5O4/c1-30-15-9-7-13(8-10-15)14-11-17-20(18(29)12-14)21(28-23(24-17)25-26-27-28)16-5-4-6-19(31-2)22(16)32-3/h4-10,14,21H,11-12H2,1-3H3,(H,24,25,27)/t14-,21+/m0/s1. The number of carbonyl (C=O) groups excluding carboxylic acids is 1. The van der Waals surface area contributed by atoms with E-state index in [-0.39, 0.29) is 11.7 Å². The number of hydrogen-bond acceptors (Lipinski definition) is 8. The molecular formula is C23H23N5O4. The molecule has 1 aliphatic carbocycles. The van der Waals surface area contributed by atoms with E-state index in [0.29, 0.717) is 35.9 Å². The van der Waals surface area contributed by atoms with Gasteiger partial charge in [-0.3, -0.25) is 4.79 Å². The van der Waals surface area contributed by atoms with Crippen molar-refractivity contribution >= 4 is 11.7 Å². The van der Waals surface area contributed by atoms with Gasteiger partial charge in [0.25, 0.3) is 0 Å². The van der Waals surface area contributed by atoms with Crippen LogP contribution in [0.2, 0.25) is 0 Å². The number of ketones is 1. The first-order valence-electron chi connectivity index (χ1n) is 10.3. The number of tetrazole rings is 1. The Morgan fingerprint density at radius 1 is 1.00 bits per heavy atom. The van der Waals surface area contributed by atoms with Crippen LogP contribution in [0.25, 0.3) is 0 Å². The van der Waals surface area contributed by atoms with Crippen molar-refractivity contribution in [3.63, 3.8) is 0 Å². The first-order valence-corrected chi connectivity index (χ1v) is 10.3. The quantitative estimate of drug-likeness (QED) is 0.655. The highest BCUT2D eigenvalue weighted by molar-refractivity contribution is 6.00. The lowest BCUT2D eigenvalue weighted by Gasteiger charge is -2.35. The molecule has 2 atom stereocenters. The van der Waals surface area contributed by atoms with E-state index in [9.17, 15) is 4.79 Å². The zero-order valence-corrected chi connectivity index (χ0v) is 18.0. The van der Waals surface area contributed by atoms with Gasteiger partial charge in [-0.25, -0.2) is 0 Å². The molecule has 0 radical (unpaired) electrons. The molecule has 0 bridgehead atoms. The fourth-order valence-corrected chi connectivity index (χ4v) is 4.60. The Bertz CT molecular complexity index is 1200. The van der Waals surface area contributed by atoms with Crippen LogP contribution in [-0.2, 0) is 4.79 Å². The van der Waals surface area contributed by atoms with Crippen molar-refractivity contribution in [1.82, 2.24) is 20.2 Å². The second-order valence-electron chi connectivity index (χ2n) is 7.75. The fraction of sp³-hybridized carbons (Fsp3) is 0.304. The van der Waals surface area contributed by atoms with E-state index in [4.69, 9.17) is 14.2 Å². The van der Waals surface area contributed by atoms with Crippen LogP contribution in [0.3, 0.4) is 0 Å². The normalized spacial score (nSPS) is 19.7. The van der Waals surface area contributed by atoms with Crippen molar-refractivity contribution in [3.05, 3.63) is 64.9 Å². The Kier molecular flexibility index (Phi) is 5.01. The van der Waals surface area contributed by atoms with E-state index in [1.807, 2.05) is 42.5 Å². The third kappa shape index (κ3) is 3.17. The number of methoxy groups -OCH3 is 3. The lowest BCUT2D eigenvalue weighted by atomic mass is 9.77. The van der Waals surface area contributed by atoms with Gasteiger partial charge in [0, 0.05) is 23.3 Å². The molecule has 32 heavy (non-hydrogen) atoms. The summed E-state index contributed by atoms with van der Waals surface area (Å²) in [6, 6.07) is 13.0. The average Bonchev–Trinajstić information content (AvgIpc) is 3.30. The summed E-state index contributed by atoms with van der Waals surface area (Å²) in [5, 5.41) is 15.4. The van der Waals surface area contributed by atoms with Crippen molar-refractivity contribution in [3.8, 4) is 17.2 Å². The van der Waals surface area contributed by atoms with Gasteiger partial charge in [0.15, 0.2) is 17.3 Å². The lowest BCUT2D eigenvalue weighted by molar-refractivity contribution is -0.116. The second-order valence-corrected chi connectivity index (χ2v) is 7.75. The van der Waals surface area contributed by atoms with Crippen molar-refractivity contribution in [2.75, 3.05) is 26.6 Å². The summed E-state index contributed by atoms with van der Waals surface area (Å²) in [6.45, 7) is 0. The summed E-state index contributed by atoms with van der Waals surface area (Å²) in [4.78, 5) is 13.5. The topological polar surface area (TPSA) is 100 Å². The molecule has 2 aliphatic rings. The van der Waals surface area contributed by atoms with Crippen LogP contribution in [0.1, 0.15) is 35.9 Å². The van der Waals surface area contributed by atoms with Crippen molar-refractivity contribution in [2.45, 2.75) is 24.8 Å². The molecule has 164 valence electrons. The number of ether oxygens (including phenoxy) is 3. The van der Waals surface area contributed by atoms with E-state index >= 15 is 0 Å². The molecule has 9 nitrogen and oxygen atoms in total. The smallest absolute Gasteiger partial charge is 0.248 e. The molecule has 9 heteroatoms. The van der Waals surface area contributed by atoms with Gasteiger partial charge in [0.05, 0.1) is 21.3 Å². The molecule has 0 saturated carbocycles. The van der Waals surface area contributed by atoms with Gasteiger partial charge in [-0.1, -0.05) is 29.4 Å². The Morgan fingerprint density at radius 2 is 1.81 bits per heavy atom. The third-order valence-electron chi connectivity index (χ3n) is 6.10. The largest absolute Gasteiger partial charge is 0.497 e. The highest BCUT2D eigenvalue weighted by Gasteiger charge is 2.41. The highest BCUT2D eigenvalue weighted by Crippen LogP contribution is 2.47. The van der Waals surface area contributed by atoms with Gasteiger partial charge < -0.3 is 19.5 Å². The highest BCUT2D eigenvalue weighted by atomic mass is 16.5. The van der Waals surface area contributed by atoms with Gasteiger partial charge in [-0.2, -0.15) is 4.68 Å². The molecule has 5 rings (SSSR count). The maximum absolute atomic E-state index is 13.5. The minimum Gasteiger partial charge on any atom is -0.497 e. The molecule has 3 aromatic rings. The van der Waals surface area contributed by atoms with Crippen molar-refractivity contribution in [1.29, 1.82) is 0 Å². The molecule has 1 N–H and O–H groups in total. The van der Waals surface area contributed by atoms with Crippen molar-refractivity contribution < 1.29 is 19.0 Å². The van der Waals surface area contributed by atoms with E-state index < -0.39 is 6.04 Å². The van der Waals surface area contributed by atoms with E-state index in [1.165, 1.54) is 0 Å². The Hall–Kier alpha value is -3.88. The van der Waals surface area contributed by atoms with E-state index in [1.54, 1.807) is 26.0 Å². The SMILES string of the molecule is COc1ccc([C@@H]2CC(=O)C3=C(C2)Nc2nnnn2[C@@H]3c2cccc(OC)c2OC)cc1. The molecule has 0 fully saturated rings. The van der Waals surface area contributed by atoms with Crippen LogP contribution < -0.4 is 19.5 Å². The van der Waals surface area contributed by atoms with Crippen LogP contribution in [0.4, 0.5) is 5.95 Å². The summed E-state index contributed by atoms with van der Waals surface area (Å²) in [6.07, 6.45) is 1.07. The average molecular weight is 433 g/mol. The molecule has 1 aromatic heterocycles. The Morgan fingerprint density at radius 3 is 2.53 bits per heavy atom. The zero-order valence-electron chi connectivity index (χ0n) is 18.0. The molecule has 2 aromatic carbocycles. The second kappa shape index (κ2) is 7.99. The zero-order chi connectivity index (χ0) is 22.2. The van der Waals surface area contributed by atoms with Crippen molar-refractivity contribution in [2.24, 2.45) is 0 Å². The van der Waals surface area contributed by atoms with Gasteiger partial charge in [0.1, 0.15) is 11.8 Å². The minimum absolute atomic E-state index is 0.0509. The maximum atomic E-state index is 13.5. The van der Waals surface area contributed by atoms with Crippen LogP contribution >= 0.6 is 0 Å². The number of rotatable bonds is 5. The summed E-state index contributed by atoms with van der Waals surface area (Å²) in [7, 11) is 4.81. The molecule has 0 spiro atoms. The van der Waals surface area contributed by atoms with Gasteiger partial charge in [-0.15, -0.1) is 0 Å². The predicted octanol–water partition coefficient (Wildman–Crippen LogP) is 3.11. The maximum Gasteiger partial charge on any atom is 0.248 e. The van der Waals surface area contributed by atoms with Gasteiger partial charge in [0.2, 0.25) is 5.95 Å². The minimum atomic E-state index is -0.509. The third-order valence-corrected chi connectivity index (χ3v) is 6.10. The molecular weight excluding hydrogens is 410 g/mol. The first-order chi connectivity index (χ1) is 15.6. The number of anilines is 1. The van der Waals surface area contributed by atoms with E-state index in [2.05, 4.69) is 20.8 Å². The summed E-state index contributed by atoms with van der Waals surface area (Å²) < 4.78 is 18.0. The summed E-state index contributed by atoms with van der Waals surface area (Å²) in [5.74, 6) is 2.52. The number of allylic oxidation sites excluding steroid dienone is 2. The molecule has 0 saturated heterocycles. The predicted molar refractivity (Wildman–Crippen MR) is 116 cm³/mol. The molecule has 2 heterocycles. The van der Waals surface area contributed by atoms with Crippen LogP contribution in [0.5, 0.6) is 17.2 Å². The summed E-state index contributed by atoms with van der Waals surface area (Å²) in [5.41, 5.74) is 3.35. The number of carbonyl (C=O) groups is 1. The number of hydrogen-bond donors (Lipinski definition) is 1. The number of Topliss-reactive ketones (excluding diaryl/α,β-unsaturated/α-hetero) is 1. The van der Waals surface area contributed by atoms with E-state index in [0.717, 1.165) is 22.6 Å². The van der Waals surface area contributed by atoms with Gasteiger partial charge in [-0.05, 0) is 46.5 Å². The first kappa shape index (κ1) is 20.0. The van der Waals surface area contributed by atoms with Crippen LogP contribution in [0, 0.1) is 0 Å². The molecule has 1 aliphatic heterocycles. The number of aromatic nitrogens is 4. The number of para-hydroxylation sites is 1. The Balaban J connectivity index is 1.60. The van der Waals surface area contributed by atoms with Crippen LogP contribution in [-0.4, -0.2) is 47.3 Å². The number of nitrogens with zero attached hydrogens (tertiary/aromatic N) is 4. The van der Waals surface area contributed by atoms with Gasteiger partial charge >= 0.3 is 0 Å². The number of benzene rings is 2. The lowest BCUT2D eigenvalue weighted by Crippen LogP contribution is -2.33. The molecule has 0 amide bonds. The monoisotopic (exact) mass is 433 g/mol. The fourth-order valence-electron chi connectivity index (χ4n) is 4.60. The molecule has 0 unspecified atom stereocenters. The number of fused-ring (bicyclic) bond motifs is 1. The van der Waals surface area contributed by atoms with Crippen LogP contribution in [0.15, 0.2) is 53.7 Å².